The molecule has 0 radical (unpaired) electrons. The number of amides is 2. The van der Waals surface area contributed by atoms with E-state index >= 15 is 0 Å². The van der Waals surface area contributed by atoms with E-state index in [1.165, 1.54) is 13.8 Å². The highest BCUT2D eigenvalue weighted by Crippen LogP contribution is 2.30. The lowest BCUT2D eigenvalue weighted by Crippen LogP contribution is -2.64. The summed E-state index contributed by atoms with van der Waals surface area (Å²) in [5.41, 5.74) is -1.61. The zero-order chi connectivity index (χ0) is 16.5. The molecule has 126 valence electrons. The highest BCUT2D eigenvalue weighted by molar-refractivity contribution is 5.92. The van der Waals surface area contributed by atoms with Gasteiger partial charge in [0.15, 0.2) is 0 Å². The van der Waals surface area contributed by atoms with Crippen LogP contribution in [0.5, 0.6) is 0 Å². The molecule has 0 unspecified atom stereocenters. The van der Waals surface area contributed by atoms with Crippen LogP contribution in [-0.2, 0) is 14.3 Å². The van der Waals surface area contributed by atoms with Crippen molar-refractivity contribution in [3.05, 3.63) is 0 Å². The van der Waals surface area contributed by atoms with Gasteiger partial charge in [0.25, 0.3) is 0 Å². The molecule has 2 amide bonds. The number of alkyl halides is 3. The summed E-state index contributed by atoms with van der Waals surface area (Å²) >= 11 is 0. The second-order valence-corrected chi connectivity index (χ2v) is 6.34. The summed E-state index contributed by atoms with van der Waals surface area (Å²) in [4.78, 5) is 25.3. The van der Waals surface area contributed by atoms with Crippen molar-refractivity contribution in [2.45, 2.75) is 63.4 Å². The number of nitrogens with one attached hydrogen (secondary N) is 1. The van der Waals surface area contributed by atoms with Gasteiger partial charge < -0.3 is 15.0 Å². The standard InChI is InChI=1S/C14H21F3N2O3/c1-13(2,18-11(20)14(15,16)17)12(21)19-7-8-22-10-6-4-3-5-9(10)19/h9-10H,3-8H2,1-2H3,(H,18,20)/t9-,10-/m0/s1. The molecule has 2 atom stereocenters. The highest BCUT2D eigenvalue weighted by Gasteiger charge is 2.46. The second-order valence-electron chi connectivity index (χ2n) is 6.34. The van der Waals surface area contributed by atoms with Crippen LogP contribution in [0.1, 0.15) is 39.5 Å². The molecule has 5 nitrogen and oxygen atoms in total. The van der Waals surface area contributed by atoms with E-state index in [4.69, 9.17) is 4.74 Å². The monoisotopic (exact) mass is 322 g/mol. The van der Waals surface area contributed by atoms with Gasteiger partial charge in [0.05, 0.1) is 18.8 Å². The number of rotatable bonds is 2. The molecule has 1 saturated heterocycles. The first-order chi connectivity index (χ1) is 10.1. The molecule has 2 fully saturated rings. The molecule has 1 aliphatic heterocycles. The molecule has 22 heavy (non-hydrogen) atoms. The van der Waals surface area contributed by atoms with Crippen LogP contribution in [0.15, 0.2) is 0 Å². The third-order valence-electron chi connectivity index (χ3n) is 4.21. The summed E-state index contributed by atoms with van der Waals surface area (Å²) in [7, 11) is 0. The number of morpholine rings is 1. The fourth-order valence-electron chi connectivity index (χ4n) is 3.12. The van der Waals surface area contributed by atoms with Crippen molar-refractivity contribution < 1.29 is 27.5 Å². The van der Waals surface area contributed by atoms with Crippen molar-refractivity contribution >= 4 is 11.8 Å². The van der Waals surface area contributed by atoms with E-state index in [9.17, 15) is 22.8 Å². The molecule has 1 aliphatic carbocycles. The van der Waals surface area contributed by atoms with E-state index < -0.39 is 23.5 Å². The average molecular weight is 322 g/mol. The largest absolute Gasteiger partial charge is 0.471 e. The number of carbonyl (C=O) groups is 2. The number of halogens is 3. The van der Waals surface area contributed by atoms with Gasteiger partial charge in [-0.1, -0.05) is 12.8 Å². The Bertz CT molecular complexity index is 449. The third kappa shape index (κ3) is 3.53. The topological polar surface area (TPSA) is 58.6 Å². The maximum atomic E-state index is 12.6. The van der Waals surface area contributed by atoms with Crippen LogP contribution in [0.4, 0.5) is 13.2 Å². The lowest BCUT2D eigenvalue weighted by Gasteiger charge is -2.46. The molecule has 0 aromatic rings. The number of fused-ring (bicyclic) bond motifs is 1. The van der Waals surface area contributed by atoms with Gasteiger partial charge in [-0.2, -0.15) is 13.2 Å². The van der Waals surface area contributed by atoms with Crippen LogP contribution in [0.3, 0.4) is 0 Å². The molecule has 0 bridgehead atoms. The zero-order valence-electron chi connectivity index (χ0n) is 12.7. The number of nitrogens with zero attached hydrogens (tertiary/aromatic N) is 1. The number of carbonyl (C=O) groups excluding carboxylic acids is 2. The Morgan fingerprint density at radius 3 is 2.45 bits per heavy atom. The lowest BCUT2D eigenvalue weighted by molar-refractivity contribution is -0.178. The summed E-state index contributed by atoms with van der Waals surface area (Å²) in [5.74, 6) is -2.59. The van der Waals surface area contributed by atoms with Crippen molar-refractivity contribution in [2.75, 3.05) is 13.2 Å². The molecule has 0 aromatic heterocycles. The van der Waals surface area contributed by atoms with Crippen LogP contribution < -0.4 is 5.32 Å². The SMILES string of the molecule is CC(C)(NC(=O)C(F)(F)F)C(=O)N1CCO[C@H]2CCCC[C@@H]21. The van der Waals surface area contributed by atoms with Crippen LogP contribution in [0.25, 0.3) is 0 Å². The summed E-state index contributed by atoms with van der Waals surface area (Å²) in [6.07, 6.45) is -1.44. The normalized spacial score (nSPS) is 26.3. The molecule has 1 saturated carbocycles. The fourth-order valence-corrected chi connectivity index (χ4v) is 3.12. The van der Waals surface area contributed by atoms with E-state index in [1.54, 1.807) is 10.2 Å². The van der Waals surface area contributed by atoms with Crippen molar-refractivity contribution in [3.8, 4) is 0 Å². The van der Waals surface area contributed by atoms with Gasteiger partial charge in [-0.25, -0.2) is 0 Å². The first-order valence-corrected chi connectivity index (χ1v) is 7.45. The number of hydrogen-bond acceptors (Lipinski definition) is 3. The molecule has 1 heterocycles. The van der Waals surface area contributed by atoms with E-state index in [1.807, 2.05) is 0 Å². The van der Waals surface area contributed by atoms with Crippen molar-refractivity contribution in [1.29, 1.82) is 0 Å². The van der Waals surface area contributed by atoms with Gasteiger partial charge in [0, 0.05) is 6.54 Å². The zero-order valence-corrected chi connectivity index (χ0v) is 12.7. The smallest absolute Gasteiger partial charge is 0.374 e. The second kappa shape index (κ2) is 6.06. The van der Waals surface area contributed by atoms with E-state index in [2.05, 4.69) is 0 Å². The summed E-state index contributed by atoms with van der Waals surface area (Å²) in [6, 6.07) is -0.114. The molecular formula is C14H21F3N2O3. The van der Waals surface area contributed by atoms with Gasteiger partial charge >= 0.3 is 12.1 Å². The quantitative estimate of drug-likeness (QED) is 0.840. The Kier molecular flexibility index (Phi) is 4.70. The van der Waals surface area contributed by atoms with E-state index in [0.29, 0.717) is 13.2 Å². The lowest BCUT2D eigenvalue weighted by atomic mass is 9.88. The minimum absolute atomic E-state index is 0.0550. The third-order valence-corrected chi connectivity index (χ3v) is 4.21. The maximum Gasteiger partial charge on any atom is 0.471 e. The van der Waals surface area contributed by atoms with Crippen molar-refractivity contribution in [1.82, 2.24) is 10.2 Å². The minimum atomic E-state index is -5.00. The van der Waals surface area contributed by atoms with Gasteiger partial charge in [0.1, 0.15) is 5.54 Å². The van der Waals surface area contributed by atoms with Crippen LogP contribution in [0.2, 0.25) is 0 Å². The van der Waals surface area contributed by atoms with E-state index in [0.717, 1.165) is 25.7 Å². The molecule has 0 aromatic carbocycles. The Hall–Kier alpha value is -1.31. The number of hydrogen-bond donors (Lipinski definition) is 1. The Morgan fingerprint density at radius 1 is 1.18 bits per heavy atom. The molecule has 2 aliphatic rings. The summed E-state index contributed by atoms with van der Waals surface area (Å²) in [5, 5.41) is 1.79. The number of ether oxygens (including phenoxy) is 1. The Morgan fingerprint density at radius 2 is 1.82 bits per heavy atom. The van der Waals surface area contributed by atoms with Crippen molar-refractivity contribution in [2.24, 2.45) is 0 Å². The Balaban J connectivity index is 2.09. The Labute approximate surface area is 127 Å². The predicted octanol–water partition coefficient (Wildman–Crippen LogP) is 1.61. The molecule has 2 rings (SSSR count). The van der Waals surface area contributed by atoms with Crippen LogP contribution >= 0.6 is 0 Å². The first kappa shape index (κ1) is 17.1. The fraction of sp³-hybridized carbons (Fsp3) is 0.857. The first-order valence-electron chi connectivity index (χ1n) is 7.45. The molecule has 0 spiro atoms. The predicted molar refractivity (Wildman–Crippen MR) is 72.0 cm³/mol. The molecule has 8 heteroatoms. The average Bonchev–Trinajstić information content (AvgIpc) is 2.44. The summed E-state index contributed by atoms with van der Waals surface area (Å²) in [6.45, 7) is 3.31. The van der Waals surface area contributed by atoms with Crippen molar-refractivity contribution in [3.63, 3.8) is 0 Å². The molecular weight excluding hydrogens is 301 g/mol. The summed E-state index contributed by atoms with van der Waals surface area (Å²) < 4.78 is 42.8. The van der Waals surface area contributed by atoms with Gasteiger partial charge in [0.2, 0.25) is 5.91 Å². The van der Waals surface area contributed by atoms with Gasteiger partial charge in [-0.05, 0) is 26.7 Å². The minimum Gasteiger partial charge on any atom is -0.374 e. The van der Waals surface area contributed by atoms with E-state index in [-0.39, 0.29) is 12.1 Å². The molecule has 1 N–H and O–H groups in total. The van der Waals surface area contributed by atoms with Gasteiger partial charge in [-0.15, -0.1) is 0 Å². The van der Waals surface area contributed by atoms with Crippen LogP contribution in [0, 0.1) is 0 Å². The highest BCUT2D eigenvalue weighted by atomic mass is 19.4. The van der Waals surface area contributed by atoms with Gasteiger partial charge in [-0.3, -0.25) is 9.59 Å². The van der Waals surface area contributed by atoms with Crippen LogP contribution in [-0.4, -0.2) is 53.7 Å². The maximum absolute atomic E-state index is 12.6.